The molecule has 1 saturated heterocycles. The average Bonchev–Trinajstić information content (AvgIpc) is 3.22. The van der Waals surface area contributed by atoms with E-state index in [9.17, 15) is 20.0 Å². The molecule has 1 aromatic carbocycles. The van der Waals surface area contributed by atoms with Gasteiger partial charge in [-0.15, -0.1) is 0 Å². The molecule has 0 saturated carbocycles. The van der Waals surface area contributed by atoms with Crippen LogP contribution in [0, 0.1) is 11.3 Å². The van der Waals surface area contributed by atoms with Crippen molar-refractivity contribution in [1.82, 2.24) is 14.7 Å². The van der Waals surface area contributed by atoms with Crippen LogP contribution in [0.15, 0.2) is 36.5 Å². The van der Waals surface area contributed by atoms with Gasteiger partial charge in [-0.25, -0.2) is 4.79 Å². The summed E-state index contributed by atoms with van der Waals surface area (Å²) in [5.41, 5.74) is 5.56. The van der Waals surface area contributed by atoms with Crippen molar-refractivity contribution in [3.8, 4) is 6.07 Å². The number of hydrogen-bond donors (Lipinski definition) is 3. The van der Waals surface area contributed by atoms with Gasteiger partial charge >= 0.3 is 6.09 Å². The smallest absolute Gasteiger partial charge is 0.407 e. The number of aromatic nitrogens is 2. The molecule has 2 amide bonds. The van der Waals surface area contributed by atoms with Crippen LogP contribution in [-0.4, -0.2) is 44.9 Å². The van der Waals surface area contributed by atoms with Gasteiger partial charge in [-0.05, 0) is 18.6 Å². The maximum Gasteiger partial charge on any atom is 0.407 e. The van der Waals surface area contributed by atoms with Gasteiger partial charge in [0, 0.05) is 18.4 Å². The van der Waals surface area contributed by atoms with Gasteiger partial charge in [0.05, 0.1) is 24.6 Å². The number of nitrogens with one attached hydrogen (secondary N) is 1. The van der Waals surface area contributed by atoms with E-state index in [1.54, 1.807) is 0 Å². The summed E-state index contributed by atoms with van der Waals surface area (Å²) in [5.74, 6) is -0.385. The van der Waals surface area contributed by atoms with Gasteiger partial charge in [0.15, 0.2) is 5.82 Å². The molecule has 2 heterocycles. The Bertz CT molecular complexity index is 872. The van der Waals surface area contributed by atoms with Gasteiger partial charge in [0.2, 0.25) is 0 Å². The van der Waals surface area contributed by atoms with E-state index in [1.165, 1.54) is 15.8 Å². The fourth-order valence-corrected chi connectivity index (χ4v) is 3.13. The van der Waals surface area contributed by atoms with E-state index in [0.717, 1.165) is 5.69 Å². The molecule has 9 nitrogen and oxygen atoms in total. The number of carboxylic acid groups (broad SMARTS) is 1. The Hall–Kier alpha value is -3.54. The lowest BCUT2D eigenvalue weighted by atomic mass is 9.95. The van der Waals surface area contributed by atoms with E-state index in [-0.39, 0.29) is 24.3 Å². The minimum atomic E-state index is -1.05. The highest BCUT2D eigenvalue weighted by molar-refractivity contribution is 5.98. The Labute approximate surface area is 149 Å². The molecular formula is C17H18N6O3. The lowest BCUT2D eigenvalue weighted by molar-refractivity contribution is 0.100. The largest absolute Gasteiger partial charge is 0.465 e. The first-order valence-corrected chi connectivity index (χ1v) is 8.02. The molecule has 26 heavy (non-hydrogen) atoms. The molecule has 1 unspecified atom stereocenters. The van der Waals surface area contributed by atoms with Gasteiger partial charge in [-0.1, -0.05) is 18.2 Å². The predicted octanol–water partition coefficient (Wildman–Crippen LogP) is 1.72. The van der Waals surface area contributed by atoms with Crippen molar-refractivity contribution in [3.63, 3.8) is 0 Å². The van der Waals surface area contributed by atoms with Crippen molar-refractivity contribution in [2.75, 3.05) is 18.4 Å². The van der Waals surface area contributed by atoms with E-state index < -0.39 is 17.5 Å². The lowest BCUT2D eigenvalue weighted by Crippen LogP contribution is -2.38. The van der Waals surface area contributed by atoms with E-state index in [2.05, 4.69) is 16.5 Å². The number of likely N-dealkylation sites (tertiary alicyclic amines) is 1. The molecule has 0 radical (unpaired) electrons. The van der Waals surface area contributed by atoms with Crippen LogP contribution in [0.4, 0.5) is 16.3 Å². The summed E-state index contributed by atoms with van der Waals surface area (Å²) in [6.45, 7) is 0.421. The standard InChI is InChI=1S/C17H18N6O3/c18-8-6-17(7-9-22(11-17)16(25)26)23-10-13(14(19)24)15(21-23)20-12-4-2-1-3-5-12/h1-5,10H,6-7,9,11H2,(H2,19,24)(H,20,21)(H,25,26). The maximum atomic E-state index is 11.8. The lowest BCUT2D eigenvalue weighted by Gasteiger charge is -2.26. The molecule has 2 aromatic rings. The first kappa shape index (κ1) is 17.3. The highest BCUT2D eigenvalue weighted by Crippen LogP contribution is 2.34. The summed E-state index contributed by atoms with van der Waals surface area (Å²) in [6.07, 6.45) is 0.935. The molecule has 0 spiro atoms. The molecule has 1 aliphatic heterocycles. The average molecular weight is 354 g/mol. The normalized spacial score (nSPS) is 19.1. The van der Waals surface area contributed by atoms with Crippen LogP contribution >= 0.6 is 0 Å². The first-order chi connectivity index (χ1) is 12.4. The van der Waals surface area contributed by atoms with Crippen LogP contribution in [0.25, 0.3) is 0 Å². The number of hydrogen-bond acceptors (Lipinski definition) is 5. The van der Waals surface area contributed by atoms with E-state index in [1.807, 2.05) is 30.3 Å². The molecule has 1 aliphatic rings. The summed E-state index contributed by atoms with van der Waals surface area (Å²) in [7, 11) is 0. The number of nitrogens with two attached hydrogens (primary N) is 1. The SMILES string of the molecule is N#CCC1(n2cc(C(N)=O)c(Nc3ccccc3)n2)CCN(C(=O)O)C1. The number of anilines is 2. The van der Waals surface area contributed by atoms with Gasteiger partial charge in [0.25, 0.3) is 5.91 Å². The number of amides is 2. The third-order valence-corrected chi connectivity index (χ3v) is 4.51. The number of carbonyl (C=O) groups is 2. The second-order valence-electron chi connectivity index (χ2n) is 6.20. The molecule has 0 bridgehead atoms. The molecule has 1 atom stereocenters. The molecule has 3 rings (SSSR count). The zero-order chi connectivity index (χ0) is 18.7. The second kappa shape index (κ2) is 6.76. The van der Waals surface area contributed by atoms with E-state index in [4.69, 9.17) is 5.73 Å². The number of nitriles is 1. The third-order valence-electron chi connectivity index (χ3n) is 4.51. The zero-order valence-corrected chi connectivity index (χ0v) is 13.9. The number of benzene rings is 1. The Balaban J connectivity index is 1.99. The molecule has 0 aliphatic carbocycles. The van der Waals surface area contributed by atoms with E-state index in [0.29, 0.717) is 13.0 Å². The Morgan fingerprint density at radius 3 is 2.69 bits per heavy atom. The van der Waals surface area contributed by atoms with Crippen LogP contribution in [0.1, 0.15) is 23.2 Å². The van der Waals surface area contributed by atoms with Crippen molar-refractivity contribution in [1.29, 1.82) is 5.26 Å². The highest BCUT2D eigenvalue weighted by Gasteiger charge is 2.43. The number of para-hydroxylation sites is 1. The van der Waals surface area contributed by atoms with Crippen LogP contribution in [0.2, 0.25) is 0 Å². The Kier molecular flexibility index (Phi) is 4.49. The third kappa shape index (κ3) is 3.17. The summed E-state index contributed by atoms with van der Waals surface area (Å²) in [4.78, 5) is 24.4. The summed E-state index contributed by atoms with van der Waals surface area (Å²) in [6, 6.07) is 11.3. The van der Waals surface area contributed by atoms with Crippen molar-refractivity contribution in [2.24, 2.45) is 5.73 Å². The fraction of sp³-hybridized carbons (Fsp3) is 0.294. The summed E-state index contributed by atoms with van der Waals surface area (Å²) >= 11 is 0. The monoisotopic (exact) mass is 354 g/mol. The molecular weight excluding hydrogens is 336 g/mol. The van der Waals surface area contributed by atoms with Crippen molar-refractivity contribution < 1.29 is 14.7 Å². The minimum Gasteiger partial charge on any atom is -0.465 e. The van der Waals surface area contributed by atoms with Crippen molar-refractivity contribution in [2.45, 2.75) is 18.4 Å². The van der Waals surface area contributed by atoms with Gasteiger partial charge in [-0.2, -0.15) is 10.4 Å². The van der Waals surface area contributed by atoms with Crippen LogP contribution in [0.5, 0.6) is 0 Å². The minimum absolute atomic E-state index is 0.0709. The molecule has 1 fully saturated rings. The number of primary amides is 1. The summed E-state index contributed by atoms with van der Waals surface area (Å²) in [5, 5.41) is 25.9. The molecule has 134 valence electrons. The topological polar surface area (TPSA) is 137 Å². The Morgan fingerprint density at radius 1 is 1.38 bits per heavy atom. The Morgan fingerprint density at radius 2 is 2.12 bits per heavy atom. The van der Waals surface area contributed by atoms with Gasteiger partial charge in [0.1, 0.15) is 5.56 Å². The molecule has 4 N–H and O–H groups in total. The number of nitrogens with zero attached hydrogens (tertiary/aromatic N) is 4. The van der Waals surface area contributed by atoms with Crippen LogP contribution in [0.3, 0.4) is 0 Å². The van der Waals surface area contributed by atoms with Crippen molar-refractivity contribution >= 4 is 23.5 Å². The second-order valence-corrected chi connectivity index (χ2v) is 6.20. The van der Waals surface area contributed by atoms with Crippen LogP contribution in [-0.2, 0) is 5.54 Å². The van der Waals surface area contributed by atoms with Crippen LogP contribution < -0.4 is 11.1 Å². The quantitative estimate of drug-likeness (QED) is 0.747. The van der Waals surface area contributed by atoms with E-state index >= 15 is 0 Å². The predicted molar refractivity (Wildman–Crippen MR) is 92.9 cm³/mol. The number of rotatable bonds is 5. The fourth-order valence-electron chi connectivity index (χ4n) is 3.13. The molecule has 9 heteroatoms. The highest BCUT2D eigenvalue weighted by atomic mass is 16.4. The van der Waals surface area contributed by atoms with Gasteiger partial charge in [-0.3, -0.25) is 9.48 Å². The molecule has 1 aromatic heterocycles. The number of carbonyl (C=O) groups excluding carboxylic acids is 1. The van der Waals surface area contributed by atoms with Gasteiger partial charge < -0.3 is 21.1 Å². The first-order valence-electron chi connectivity index (χ1n) is 8.02. The zero-order valence-electron chi connectivity index (χ0n) is 13.9. The maximum absolute atomic E-state index is 11.8. The summed E-state index contributed by atoms with van der Waals surface area (Å²) < 4.78 is 1.50. The van der Waals surface area contributed by atoms with Crippen molar-refractivity contribution in [3.05, 3.63) is 42.1 Å².